The fourth-order valence-electron chi connectivity index (χ4n) is 3.23. The number of carbonyl (C=O) groups is 1. The standard InChI is InChI=1S/C24H19NO3/c1-17-22(16-18-10-8-9-15-21(18)25-17)28-23(26)24(27,19-11-4-2-5-12-19)20-13-6-3-7-14-20/h2-16,27H,1H3. The molecule has 0 amide bonds. The van der Waals surface area contributed by atoms with Gasteiger partial charge in [-0.2, -0.15) is 0 Å². The van der Waals surface area contributed by atoms with Crippen molar-refractivity contribution in [3.8, 4) is 5.75 Å². The number of ether oxygens (including phenoxy) is 1. The monoisotopic (exact) mass is 369 g/mol. The van der Waals surface area contributed by atoms with E-state index in [0.717, 1.165) is 10.9 Å². The predicted octanol–water partition coefficient (Wildman–Crippen LogP) is 4.38. The Morgan fingerprint density at radius 3 is 2.00 bits per heavy atom. The van der Waals surface area contributed by atoms with E-state index in [-0.39, 0.29) is 0 Å². The van der Waals surface area contributed by atoms with Gasteiger partial charge in [0.05, 0.1) is 11.2 Å². The third-order valence-corrected chi connectivity index (χ3v) is 4.75. The van der Waals surface area contributed by atoms with E-state index in [1.165, 1.54) is 0 Å². The van der Waals surface area contributed by atoms with Crippen LogP contribution < -0.4 is 4.74 Å². The van der Waals surface area contributed by atoms with E-state index in [0.29, 0.717) is 22.6 Å². The zero-order valence-electron chi connectivity index (χ0n) is 15.4. The first-order valence-corrected chi connectivity index (χ1v) is 9.01. The molecule has 0 spiro atoms. The molecule has 138 valence electrons. The van der Waals surface area contributed by atoms with E-state index in [2.05, 4.69) is 4.98 Å². The van der Waals surface area contributed by atoms with Crippen LogP contribution in [0.4, 0.5) is 0 Å². The Morgan fingerprint density at radius 2 is 1.39 bits per heavy atom. The first-order valence-electron chi connectivity index (χ1n) is 9.01. The zero-order valence-corrected chi connectivity index (χ0v) is 15.4. The molecule has 4 heteroatoms. The van der Waals surface area contributed by atoms with Gasteiger partial charge in [0.2, 0.25) is 5.60 Å². The second kappa shape index (κ2) is 7.25. The van der Waals surface area contributed by atoms with Gasteiger partial charge in [-0.15, -0.1) is 0 Å². The smallest absolute Gasteiger partial charge is 0.353 e. The molecule has 0 aliphatic rings. The normalized spacial score (nSPS) is 11.4. The highest BCUT2D eigenvalue weighted by molar-refractivity contribution is 5.88. The van der Waals surface area contributed by atoms with E-state index in [9.17, 15) is 9.90 Å². The van der Waals surface area contributed by atoms with E-state index in [4.69, 9.17) is 4.74 Å². The minimum Gasteiger partial charge on any atom is -0.422 e. The number of aryl methyl sites for hydroxylation is 1. The lowest BCUT2D eigenvalue weighted by Gasteiger charge is -2.27. The van der Waals surface area contributed by atoms with Crippen LogP contribution in [0, 0.1) is 6.92 Å². The zero-order chi connectivity index (χ0) is 19.6. The number of esters is 1. The summed E-state index contributed by atoms with van der Waals surface area (Å²) in [5.41, 5.74) is 0.354. The van der Waals surface area contributed by atoms with Gasteiger partial charge < -0.3 is 9.84 Å². The van der Waals surface area contributed by atoms with Crippen molar-refractivity contribution >= 4 is 16.9 Å². The molecule has 4 rings (SSSR count). The predicted molar refractivity (Wildman–Crippen MR) is 108 cm³/mol. The van der Waals surface area contributed by atoms with E-state index in [1.54, 1.807) is 61.5 Å². The van der Waals surface area contributed by atoms with Crippen molar-refractivity contribution in [1.29, 1.82) is 0 Å². The third-order valence-electron chi connectivity index (χ3n) is 4.75. The van der Waals surface area contributed by atoms with Gasteiger partial charge in [0.1, 0.15) is 0 Å². The van der Waals surface area contributed by atoms with Crippen LogP contribution in [-0.4, -0.2) is 16.1 Å². The number of fused-ring (bicyclic) bond motifs is 1. The van der Waals surface area contributed by atoms with Crippen LogP contribution in [0.5, 0.6) is 5.75 Å². The summed E-state index contributed by atoms with van der Waals surface area (Å²) in [4.78, 5) is 17.7. The summed E-state index contributed by atoms with van der Waals surface area (Å²) in [6, 6.07) is 27.0. The van der Waals surface area contributed by atoms with Gasteiger partial charge in [-0.05, 0) is 30.2 Å². The summed E-state index contributed by atoms with van der Waals surface area (Å²) in [6.07, 6.45) is 0. The molecule has 0 fully saturated rings. The number of aliphatic hydroxyl groups is 1. The highest BCUT2D eigenvalue weighted by atomic mass is 16.6. The van der Waals surface area contributed by atoms with Gasteiger partial charge in [0, 0.05) is 5.39 Å². The summed E-state index contributed by atoms with van der Waals surface area (Å²) >= 11 is 0. The van der Waals surface area contributed by atoms with E-state index in [1.807, 2.05) is 36.4 Å². The molecule has 0 bridgehead atoms. The Kier molecular flexibility index (Phi) is 4.63. The van der Waals surface area contributed by atoms with Crippen LogP contribution in [0.3, 0.4) is 0 Å². The van der Waals surface area contributed by atoms with Crippen molar-refractivity contribution in [3.05, 3.63) is 108 Å². The van der Waals surface area contributed by atoms with Gasteiger partial charge in [-0.1, -0.05) is 78.9 Å². The summed E-state index contributed by atoms with van der Waals surface area (Å²) < 4.78 is 5.68. The number of carbonyl (C=O) groups excluding carboxylic acids is 1. The van der Waals surface area contributed by atoms with Gasteiger partial charge >= 0.3 is 5.97 Å². The molecule has 0 aliphatic heterocycles. The minimum absolute atomic E-state index is 0.328. The van der Waals surface area contributed by atoms with E-state index >= 15 is 0 Å². The Bertz CT molecular complexity index is 1080. The summed E-state index contributed by atoms with van der Waals surface area (Å²) in [5.74, 6) is -0.445. The largest absolute Gasteiger partial charge is 0.422 e. The molecular weight excluding hydrogens is 350 g/mol. The maximum absolute atomic E-state index is 13.2. The molecule has 0 atom stereocenters. The van der Waals surface area contributed by atoms with E-state index < -0.39 is 11.6 Å². The molecule has 1 N–H and O–H groups in total. The SMILES string of the molecule is Cc1nc2ccccc2cc1OC(=O)C(O)(c1ccccc1)c1ccccc1. The number of pyridine rings is 1. The van der Waals surface area contributed by atoms with Gasteiger partial charge in [0.15, 0.2) is 5.75 Å². The average molecular weight is 369 g/mol. The summed E-state index contributed by atoms with van der Waals surface area (Å²) in [6.45, 7) is 1.78. The highest BCUT2D eigenvalue weighted by Crippen LogP contribution is 2.32. The van der Waals surface area contributed by atoms with Gasteiger partial charge in [-0.25, -0.2) is 9.78 Å². The minimum atomic E-state index is -1.93. The van der Waals surface area contributed by atoms with Crippen molar-refractivity contribution in [2.75, 3.05) is 0 Å². The lowest BCUT2D eigenvalue weighted by atomic mass is 9.86. The number of benzene rings is 3. The number of rotatable bonds is 4. The lowest BCUT2D eigenvalue weighted by Crippen LogP contribution is -2.40. The second-order valence-corrected chi connectivity index (χ2v) is 6.60. The first kappa shape index (κ1) is 17.9. The molecule has 3 aromatic carbocycles. The maximum Gasteiger partial charge on any atom is 0.353 e. The van der Waals surface area contributed by atoms with Gasteiger partial charge in [0.25, 0.3) is 0 Å². The molecule has 28 heavy (non-hydrogen) atoms. The Balaban J connectivity index is 1.78. The van der Waals surface area contributed by atoms with Crippen LogP contribution in [0.25, 0.3) is 10.9 Å². The molecule has 4 aromatic rings. The fraction of sp³-hybridized carbons (Fsp3) is 0.0833. The molecule has 1 heterocycles. The van der Waals surface area contributed by atoms with Crippen LogP contribution in [-0.2, 0) is 10.4 Å². The Morgan fingerprint density at radius 1 is 0.857 bits per heavy atom. The second-order valence-electron chi connectivity index (χ2n) is 6.60. The van der Waals surface area contributed by atoms with Crippen LogP contribution >= 0.6 is 0 Å². The van der Waals surface area contributed by atoms with Crippen molar-refractivity contribution in [2.45, 2.75) is 12.5 Å². The van der Waals surface area contributed by atoms with Crippen molar-refractivity contribution < 1.29 is 14.6 Å². The molecule has 4 nitrogen and oxygen atoms in total. The number of hydrogen-bond acceptors (Lipinski definition) is 4. The summed E-state index contributed by atoms with van der Waals surface area (Å²) in [7, 11) is 0. The molecule has 0 unspecified atom stereocenters. The number of aromatic nitrogens is 1. The Hall–Kier alpha value is -3.50. The lowest BCUT2D eigenvalue weighted by molar-refractivity contribution is -0.152. The Labute approximate surface area is 163 Å². The van der Waals surface area contributed by atoms with Crippen LogP contribution in [0.2, 0.25) is 0 Å². The highest BCUT2D eigenvalue weighted by Gasteiger charge is 2.42. The fourth-order valence-corrected chi connectivity index (χ4v) is 3.23. The average Bonchev–Trinajstić information content (AvgIpc) is 2.75. The molecule has 1 aromatic heterocycles. The molecular formula is C24H19NO3. The van der Waals surface area contributed by atoms with Gasteiger partial charge in [-0.3, -0.25) is 0 Å². The topological polar surface area (TPSA) is 59.4 Å². The molecule has 0 saturated carbocycles. The number of hydrogen-bond donors (Lipinski definition) is 1. The van der Waals surface area contributed by atoms with Crippen LogP contribution in [0.15, 0.2) is 91.0 Å². The summed E-state index contributed by atoms with van der Waals surface area (Å²) in [5, 5.41) is 12.4. The van der Waals surface area contributed by atoms with Crippen molar-refractivity contribution in [3.63, 3.8) is 0 Å². The first-order chi connectivity index (χ1) is 13.6. The maximum atomic E-state index is 13.2. The molecule has 0 saturated heterocycles. The molecule has 0 aliphatic carbocycles. The molecule has 0 radical (unpaired) electrons. The van der Waals surface area contributed by atoms with Crippen molar-refractivity contribution in [1.82, 2.24) is 4.98 Å². The number of para-hydroxylation sites is 1. The third kappa shape index (κ3) is 3.15. The quantitative estimate of drug-likeness (QED) is 0.542. The van der Waals surface area contributed by atoms with Crippen LogP contribution in [0.1, 0.15) is 16.8 Å². The van der Waals surface area contributed by atoms with Crippen molar-refractivity contribution in [2.24, 2.45) is 0 Å². The number of nitrogens with zero attached hydrogens (tertiary/aromatic N) is 1.